The van der Waals surface area contributed by atoms with Crippen molar-refractivity contribution in [1.29, 1.82) is 0 Å². The van der Waals surface area contributed by atoms with E-state index >= 15 is 0 Å². The Morgan fingerprint density at radius 3 is 2.37 bits per heavy atom. The van der Waals surface area contributed by atoms with E-state index in [1.807, 2.05) is 6.92 Å². The Labute approximate surface area is 160 Å². The van der Waals surface area contributed by atoms with Gasteiger partial charge in [0, 0.05) is 12.3 Å². The van der Waals surface area contributed by atoms with Gasteiger partial charge in [-0.2, -0.15) is 0 Å². The zero-order valence-corrected chi connectivity index (χ0v) is 16.3. The van der Waals surface area contributed by atoms with Crippen LogP contribution in [0.1, 0.15) is 33.6 Å². The second kappa shape index (κ2) is 9.97. The number of anilines is 1. The summed E-state index contributed by atoms with van der Waals surface area (Å²) in [6.45, 7) is 9.54. The van der Waals surface area contributed by atoms with Gasteiger partial charge in [-0.1, -0.05) is 39.0 Å². The first kappa shape index (κ1) is 20.8. The molecule has 0 radical (unpaired) electrons. The van der Waals surface area contributed by atoms with E-state index in [-0.39, 0.29) is 0 Å². The number of aliphatic imine (C=N–C) groups is 1. The average Bonchev–Trinajstić information content (AvgIpc) is 2.67. The Morgan fingerprint density at radius 1 is 1.11 bits per heavy atom. The van der Waals surface area contributed by atoms with E-state index in [0.717, 1.165) is 31.0 Å². The second-order valence-electron chi connectivity index (χ2n) is 6.34. The third-order valence-electron chi connectivity index (χ3n) is 4.71. The molecule has 1 atom stereocenters. The van der Waals surface area contributed by atoms with Crippen molar-refractivity contribution in [2.75, 3.05) is 31.1 Å². The van der Waals surface area contributed by atoms with Crippen LogP contribution in [0.2, 0.25) is 0 Å². The quantitative estimate of drug-likeness (QED) is 0.410. The van der Waals surface area contributed by atoms with E-state index in [9.17, 15) is 14.4 Å². The summed E-state index contributed by atoms with van der Waals surface area (Å²) in [5.41, 5.74) is 0.958. The predicted molar refractivity (Wildman–Crippen MR) is 106 cm³/mol. The molecule has 1 saturated heterocycles. The highest BCUT2D eigenvalue weighted by molar-refractivity contribution is 6.35. The van der Waals surface area contributed by atoms with Crippen molar-refractivity contribution in [2.24, 2.45) is 10.9 Å². The van der Waals surface area contributed by atoms with Crippen LogP contribution in [-0.4, -0.2) is 54.6 Å². The molecule has 146 valence electrons. The number of hydrogen-bond donors (Lipinski definition) is 1. The lowest BCUT2D eigenvalue weighted by atomic mass is 9.96. The van der Waals surface area contributed by atoms with Gasteiger partial charge in [-0.3, -0.25) is 19.9 Å². The lowest BCUT2D eigenvalue weighted by Gasteiger charge is -2.30. The van der Waals surface area contributed by atoms with E-state index in [1.54, 1.807) is 30.3 Å². The molecule has 1 unspecified atom stereocenters. The first-order valence-electron chi connectivity index (χ1n) is 9.52. The number of para-hydroxylation sites is 1. The van der Waals surface area contributed by atoms with Crippen LogP contribution < -0.4 is 10.2 Å². The minimum absolute atomic E-state index is 0.439. The number of barbiturate groups is 1. The number of benzene rings is 1. The molecule has 4 amide bonds. The highest BCUT2D eigenvalue weighted by Gasteiger charge is 2.43. The van der Waals surface area contributed by atoms with Gasteiger partial charge in [-0.05, 0) is 44.6 Å². The molecule has 7 nitrogen and oxygen atoms in total. The Morgan fingerprint density at radius 2 is 1.78 bits per heavy atom. The van der Waals surface area contributed by atoms with Gasteiger partial charge in [-0.25, -0.2) is 9.69 Å². The van der Waals surface area contributed by atoms with Crippen LogP contribution in [0, 0.1) is 5.92 Å². The molecule has 0 aliphatic carbocycles. The van der Waals surface area contributed by atoms with Crippen molar-refractivity contribution in [2.45, 2.75) is 33.6 Å². The lowest BCUT2D eigenvalue weighted by Crippen LogP contribution is -2.60. The summed E-state index contributed by atoms with van der Waals surface area (Å²) in [6.07, 6.45) is 1.33. The molecule has 0 bridgehead atoms. The summed E-state index contributed by atoms with van der Waals surface area (Å²) in [6, 6.07) is 7.89. The van der Waals surface area contributed by atoms with Crippen LogP contribution in [-0.2, 0) is 9.59 Å². The number of rotatable bonds is 9. The van der Waals surface area contributed by atoms with Gasteiger partial charge in [0.05, 0.1) is 5.69 Å². The second-order valence-corrected chi connectivity index (χ2v) is 6.34. The largest absolute Gasteiger partial charge is 0.335 e. The van der Waals surface area contributed by atoms with Gasteiger partial charge in [0.2, 0.25) is 5.91 Å². The minimum atomic E-state index is -1.05. The third-order valence-corrected chi connectivity index (χ3v) is 4.71. The third kappa shape index (κ3) is 5.01. The Hall–Kier alpha value is -2.54. The molecular formula is C20H28N4O3. The molecule has 0 saturated carbocycles. The number of carbonyl (C=O) groups is 3. The van der Waals surface area contributed by atoms with Gasteiger partial charge in [-0.15, -0.1) is 0 Å². The fraction of sp³-hybridized carbons (Fsp3) is 0.500. The van der Waals surface area contributed by atoms with Gasteiger partial charge < -0.3 is 4.90 Å². The van der Waals surface area contributed by atoms with Crippen molar-refractivity contribution < 1.29 is 14.4 Å². The normalized spacial score (nSPS) is 18.2. The standard InChI is InChI=1S/C20H28N4O3/c1-4-16(21-13-10-14-23(5-2)6-3)17-18(25)22-20(27)24(19(17)26)15-11-8-7-9-12-15/h7-9,11-12,17H,4-6,10,13-14H2,1-3H3,(H,22,25,27). The van der Waals surface area contributed by atoms with Gasteiger partial charge in [0.15, 0.2) is 5.92 Å². The van der Waals surface area contributed by atoms with Crippen LogP contribution in [0.15, 0.2) is 35.3 Å². The molecule has 1 aliphatic heterocycles. The maximum absolute atomic E-state index is 12.9. The molecule has 1 N–H and O–H groups in total. The van der Waals surface area contributed by atoms with E-state index in [4.69, 9.17) is 0 Å². The van der Waals surface area contributed by atoms with Crippen LogP contribution in [0.4, 0.5) is 10.5 Å². The fourth-order valence-corrected chi connectivity index (χ4v) is 3.15. The highest BCUT2D eigenvalue weighted by Crippen LogP contribution is 2.22. The number of urea groups is 1. The molecule has 0 spiro atoms. The summed E-state index contributed by atoms with van der Waals surface area (Å²) in [5.74, 6) is -2.19. The predicted octanol–water partition coefficient (Wildman–Crippen LogP) is 2.47. The van der Waals surface area contributed by atoms with Gasteiger partial charge in [0.1, 0.15) is 0 Å². The maximum Gasteiger partial charge on any atom is 0.335 e. The number of nitrogens with zero attached hydrogens (tertiary/aromatic N) is 3. The number of hydrogen-bond acceptors (Lipinski definition) is 5. The van der Waals surface area contributed by atoms with E-state index in [1.165, 1.54) is 0 Å². The number of imide groups is 2. The lowest BCUT2D eigenvalue weighted by molar-refractivity contribution is -0.131. The van der Waals surface area contributed by atoms with Crippen LogP contribution in [0.3, 0.4) is 0 Å². The van der Waals surface area contributed by atoms with Crippen LogP contribution >= 0.6 is 0 Å². The Bertz CT molecular complexity index is 698. The fourth-order valence-electron chi connectivity index (χ4n) is 3.15. The summed E-state index contributed by atoms with van der Waals surface area (Å²) in [7, 11) is 0. The SMILES string of the molecule is CCC(=NCCCN(CC)CC)C1C(=O)NC(=O)N(c2ccccc2)C1=O. The van der Waals surface area contributed by atoms with Crippen molar-refractivity contribution in [3.8, 4) is 0 Å². The molecule has 7 heteroatoms. The molecule has 1 aromatic carbocycles. The smallest absolute Gasteiger partial charge is 0.304 e. The summed E-state index contributed by atoms with van der Waals surface area (Å²) in [5, 5.41) is 2.29. The Balaban J connectivity index is 2.15. The van der Waals surface area contributed by atoms with Crippen molar-refractivity contribution in [1.82, 2.24) is 10.2 Å². The summed E-state index contributed by atoms with van der Waals surface area (Å²) < 4.78 is 0. The molecule has 2 rings (SSSR count). The number of amides is 4. The Kier molecular flexibility index (Phi) is 7.67. The zero-order valence-electron chi connectivity index (χ0n) is 16.3. The van der Waals surface area contributed by atoms with Crippen molar-refractivity contribution in [3.63, 3.8) is 0 Å². The summed E-state index contributed by atoms with van der Waals surface area (Å²) in [4.78, 5) is 45.3. The average molecular weight is 372 g/mol. The highest BCUT2D eigenvalue weighted by atomic mass is 16.2. The molecule has 1 fully saturated rings. The maximum atomic E-state index is 12.9. The topological polar surface area (TPSA) is 82.1 Å². The van der Waals surface area contributed by atoms with Gasteiger partial charge in [0.25, 0.3) is 5.91 Å². The summed E-state index contributed by atoms with van der Waals surface area (Å²) >= 11 is 0. The molecule has 1 aliphatic rings. The number of nitrogens with one attached hydrogen (secondary N) is 1. The molecular weight excluding hydrogens is 344 g/mol. The first-order chi connectivity index (χ1) is 13.0. The minimum Gasteiger partial charge on any atom is -0.304 e. The molecule has 1 heterocycles. The monoisotopic (exact) mass is 372 g/mol. The van der Waals surface area contributed by atoms with Crippen molar-refractivity contribution in [3.05, 3.63) is 30.3 Å². The van der Waals surface area contributed by atoms with Crippen LogP contribution in [0.5, 0.6) is 0 Å². The van der Waals surface area contributed by atoms with Gasteiger partial charge >= 0.3 is 6.03 Å². The van der Waals surface area contributed by atoms with E-state index in [0.29, 0.717) is 24.4 Å². The van der Waals surface area contributed by atoms with Crippen LogP contribution in [0.25, 0.3) is 0 Å². The molecule has 0 aromatic heterocycles. The molecule has 27 heavy (non-hydrogen) atoms. The first-order valence-corrected chi connectivity index (χ1v) is 9.52. The van der Waals surface area contributed by atoms with E-state index < -0.39 is 23.8 Å². The van der Waals surface area contributed by atoms with Crippen molar-refractivity contribution >= 4 is 29.2 Å². The number of carbonyl (C=O) groups excluding carboxylic acids is 3. The molecule has 1 aromatic rings. The van der Waals surface area contributed by atoms with E-state index in [2.05, 4.69) is 29.1 Å². The zero-order chi connectivity index (χ0) is 19.8.